The van der Waals surface area contributed by atoms with Gasteiger partial charge in [0.05, 0.1) is 17.5 Å². The summed E-state index contributed by atoms with van der Waals surface area (Å²) in [6, 6.07) is 3.81. The molecule has 0 aliphatic rings. The topological polar surface area (TPSA) is 52.3 Å². The summed E-state index contributed by atoms with van der Waals surface area (Å²) in [6.45, 7) is 6.65. The number of rotatable bonds is 8. The van der Waals surface area contributed by atoms with Gasteiger partial charge in [0.25, 0.3) is 0 Å². The van der Waals surface area contributed by atoms with E-state index in [1.807, 2.05) is 19.9 Å². The van der Waals surface area contributed by atoms with Crippen molar-refractivity contribution in [3.8, 4) is 6.08 Å². The third-order valence-corrected chi connectivity index (χ3v) is 3.77. The molecular formula is C18H25NO3. The molecule has 1 heterocycles. The first-order valence-corrected chi connectivity index (χ1v) is 8.16. The summed E-state index contributed by atoms with van der Waals surface area (Å²) < 4.78 is 10.7. The number of aryl methyl sites for hydroxylation is 2. The van der Waals surface area contributed by atoms with E-state index >= 15 is 0 Å². The van der Waals surface area contributed by atoms with Crippen LogP contribution in [-0.4, -0.2) is 11.6 Å². The standard InChI is InChI=1S/C18H25NO3/c1-4-5-6-7-8-9-10-21-18-19-16-14(3)11-13(2)12-15(16)17(20)22-18/h11-12H,4-10H2,1-3H3. The summed E-state index contributed by atoms with van der Waals surface area (Å²) in [5, 5.41) is 0.518. The first-order valence-electron chi connectivity index (χ1n) is 8.16. The minimum atomic E-state index is -0.380. The predicted molar refractivity (Wildman–Crippen MR) is 88.6 cm³/mol. The molecule has 0 atom stereocenters. The van der Waals surface area contributed by atoms with Gasteiger partial charge in [0.15, 0.2) is 0 Å². The molecule has 0 N–H and O–H groups in total. The normalized spacial score (nSPS) is 11.0. The highest BCUT2D eigenvalue weighted by atomic mass is 16.6. The van der Waals surface area contributed by atoms with Crippen LogP contribution in [-0.2, 0) is 0 Å². The summed E-state index contributed by atoms with van der Waals surface area (Å²) in [5.41, 5.74) is 2.28. The van der Waals surface area contributed by atoms with Gasteiger partial charge in [-0.3, -0.25) is 0 Å². The van der Waals surface area contributed by atoms with Gasteiger partial charge in [-0.15, -0.1) is 0 Å². The van der Waals surface area contributed by atoms with Crippen LogP contribution in [0.1, 0.15) is 56.6 Å². The number of benzene rings is 1. The van der Waals surface area contributed by atoms with E-state index in [4.69, 9.17) is 9.15 Å². The molecular weight excluding hydrogens is 278 g/mol. The third-order valence-electron chi connectivity index (χ3n) is 3.77. The van der Waals surface area contributed by atoms with E-state index in [2.05, 4.69) is 11.9 Å². The second-order valence-corrected chi connectivity index (χ2v) is 5.86. The molecule has 1 aromatic carbocycles. The summed E-state index contributed by atoms with van der Waals surface area (Å²) in [6.07, 6.45) is 7.22. The Hall–Kier alpha value is -1.84. The highest BCUT2D eigenvalue weighted by molar-refractivity contribution is 5.81. The minimum absolute atomic E-state index is 0.0815. The first-order chi connectivity index (χ1) is 10.6. The Morgan fingerprint density at radius 1 is 1.09 bits per heavy atom. The molecule has 0 fully saturated rings. The van der Waals surface area contributed by atoms with Gasteiger partial charge in [0.2, 0.25) is 0 Å². The highest BCUT2D eigenvalue weighted by Gasteiger charge is 2.10. The maximum Gasteiger partial charge on any atom is 0.397 e. The molecule has 2 aromatic rings. The van der Waals surface area contributed by atoms with Gasteiger partial charge in [-0.05, 0) is 37.5 Å². The van der Waals surface area contributed by atoms with Crippen molar-refractivity contribution in [3.05, 3.63) is 33.7 Å². The summed E-state index contributed by atoms with van der Waals surface area (Å²) in [7, 11) is 0. The van der Waals surface area contributed by atoms with Crippen molar-refractivity contribution in [3.63, 3.8) is 0 Å². The predicted octanol–water partition coefficient (Wildman–Crippen LogP) is 4.54. The van der Waals surface area contributed by atoms with Crippen LogP contribution in [0.4, 0.5) is 0 Å². The summed E-state index contributed by atoms with van der Waals surface area (Å²) >= 11 is 0. The van der Waals surface area contributed by atoms with Crippen LogP contribution < -0.4 is 10.4 Å². The average molecular weight is 303 g/mol. The van der Waals surface area contributed by atoms with E-state index < -0.39 is 0 Å². The largest absolute Gasteiger partial charge is 0.450 e. The van der Waals surface area contributed by atoms with E-state index in [-0.39, 0.29) is 11.7 Å². The number of hydrogen-bond acceptors (Lipinski definition) is 4. The lowest BCUT2D eigenvalue weighted by Gasteiger charge is -2.06. The van der Waals surface area contributed by atoms with Gasteiger partial charge in [-0.25, -0.2) is 4.79 Å². The molecule has 0 saturated carbocycles. The molecule has 0 spiro atoms. The van der Waals surface area contributed by atoms with E-state index in [0.717, 1.165) is 24.0 Å². The molecule has 0 amide bonds. The molecule has 0 bridgehead atoms. The minimum Gasteiger partial charge on any atom is -0.450 e. The molecule has 0 saturated heterocycles. The Labute approximate surface area is 131 Å². The summed E-state index contributed by atoms with van der Waals surface area (Å²) in [5.74, 6) is 0. The van der Waals surface area contributed by atoms with E-state index in [9.17, 15) is 4.79 Å². The maximum atomic E-state index is 12.0. The lowest BCUT2D eigenvalue weighted by molar-refractivity contribution is 0.211. The number of nitrogens with zero attached hydrogens (tertiary/aromatic N) is 1. The molecule has 1 aromatic heterocycles. The molecule has 0 radical (unpaired) electrons. The van der Waals surface area contributed by atoms with Gasteiger partial charge in [0.1, 0.15) is 0 Å². The Morgan fingerprint density at radius 2 is 1.82 bits per heavy atom. The van der Waals surface area contributed by atoms with Crippen molar-refractivity contribution in [1.82, 2.24) is 4.98 Å². The van der Waals surface area contributed by atoms with Crippen molar-refractivity contribution in [1.29, 1.82) is 0 Å². The zero-order chi connectivity index (χ0) is 15.9. The Morgan fingerprint density at radius 3 is 2.59 bits per heavy atom. The monoisotopic (exact) mass is 303 g/mol. The van der Waals surface area contributed by atoms with Crippen molar-refractivity contribution in [2.45, 2.75) is 59.3 Å². The maximum absolute atomic E-state index is 12.0. The third kappa shape index (κ3) is 4.33. The summed E-state index contributed by atoms with van der Waals surface area (Å²) in [4.78, 5) is 16.4. The van der Waals surface area contributed by atoms with Crippen LogP contribution >= 0.6 is 0 Å². The highest BCUT2D eigenvalue weighted by Crippen LogP contribution is 2.18. The second-order valence-electron chi connectivity index (χ2n) is 5.86. The van der Waals surface area contributed by atoms with Crippen LogP contribution in [0.25, 0.3) is 10.9 Å². The van der Waals surface area contributed by atoms with Crippen LogP contribution in [0.2, 0.25) is 0 Å². The van der Waals surface area contributed by atoms with Crippen molar-refractivity contribution < 1.29 is 9.15 Å². The Balaban J connectivity index is 1.97. The molecule has 0 aliphatic carbocycles. The quantitative estimate of drug-likeness (QED) is 0.672. The average Bonchev–Trinajstić information content (AvgIpc) is 2.47. The van der Waals surface area contributed by atoms with Crippen LogP contribution in [0, 0.1) is 13.8 Å². The van der Waals surface area contributed by atoms with Gasteiger partial charge < -0.3 is 9.15 Å². The zero-order valence-corrected chi connectivity index (χ0v) is 13.8. The number of fused-ring (bicyclic) bond motifs is 1. The van der Waals surface area contributed by atoms with Crippen molar-refractivity contribution in [2.24, 2.45) is 0 Å². The molecule has 4 heteroatoms. The van der Waals surface area contributed by atoms with E-state index in [0.29, 0.717) is 17.5 Å². The molecule has 2 rings (SSSR count). The molecule has 22 heavy (non-hydrogen) atoms. The van der Waals surface area contributed by atoms with Crippen molar-refractivity contribution in [2.75, 3.05) is 6.61 Å². The lowest BCUT2D eigenvalue weighted by Crippen LogP contribution is -2.07. The number of ether oxygens (including phenoxy) is 1. The van der Waals surface area contributed by atoms with E-state index in [1.54, 1.807) is 6.07 Å². The molecule has 120 valence electrons. The first kappa shape index (κ1) is 16.5. The number of hydrogen-bond donors (Lipinski definition) is 0. The SMILES string of the molecule is CCCCCCCCOc1nc2c(C)cc(C)cc2c(=O)o1. The number of aromatic nitrogens is 1. The fraction of sp³-hybridized carbons (Fsp3) is 0.556. The van der Waals surface area contributed by atoms with Crippen molar-refractivity contribution >= 4 is 10.9 Å². The second kappa shape index (κ2) is 7.97. The van der Waals surface area contributed by atoms with Crippen LogP contribution in [0.3, 0.4) is 0 Å². The fourth-order valence-corrected chi connectivity index (χ4v) is 2.62. The fourth-order valence-electron chi connectivity index (χ4n) is 2.62. The lowest BCUT2D eigenvalue weighted by atomic mass is 10.1. The molecule has 0 unspecified atom stereocenters. The van der Waals surface area contributed by atoms with E-state index in [1.165, 1.54) is 25.7 Å². The molecule has 4 nitrogen and oxygen atoms in total. The Bertz CT molecular complexity index is 676. The van der Waals surface area contributed by atoms with Gasteiger partial charge in [-0.2, -0.15) is 4.98 Å². The zero-order valence-electron chi connectivity index (χ0n) is 13.8. The number of unbranched alkanes of at least 4 members (excludes halogenated alkanes) is 5. The van der Waals surface area contributed by atoms with Crippen LogP contribution in [0.15, 0.2) is 21.3 Å². The molecule has 0 aliphatic heterocycles. The smallest absolute Gasteiger partial charge is 0.397 e. The van der Waals surface area contributed by atoms with Gasteiger partial charge >= 0.3 is 11.7 Å². The van der Waals surface area contributed by atoms with Crippen LogP contribution in [0.5, 0.6) is 6.08 Å². The Kier molecular flexibility index (Phi) is 5.99. The van der Waals surface area contributed by atoms with Gasteiger partial charge in [-0.1, -0.05) is 45.1 Å². The van der Waals surface area contributed by atoms with Gasteiger partial charge in [0, 0.05) is 0 Å².